The van der Waals surface area contributed by atoms with Gasteiger partial charge in [0.1, 0.15) is 0 Å². The van der Waals surface area contributed by atoms with E-state index < -0.39 is 15.8 Å². The number of carboxylic acid groups (broad SMARTS) is 1. The Bertz CT molecular complexity index is 584. The summed E-state index contributed by atoms with van der Waals surface area (Å²) in [6.07, 6.45) is 4.19. The first kappa shape index (κ1) is 30.3. The fourth-order valence-electron chi connectivity index (χ4n) is 0.189. The Labute approximate surface area is 149 Å². The lowest BCUT2D eigenvalue weighted by Crippen LogP contribution is -1.89. The number of carboxylic acids is 1. The molecule has 0 aliphatic rings. The smallest absolute Gasteiger partial charge is 0.328 e. The molecule has 0 fully saturated rings. The first-order valence-corrected chi connectivity index (χ1v) is 8.59. The molecule has 0 rings (SSSR count). The molecule has 0 atom stereocenters. The maximum absolute atomic E-state index is 10.0. The van der Waals surface area contributed by atoms with Gasteiger partial charge in [-0.15, -0.1) is 0 Å². The summed E-state index contributed by atoms with van der Waals surface area (Å²) in [5.74, 6) is -1.27. The van der Waals surface area contributed by atoms with Gasteiger partial charge in [0, 0.05) is 17.7 Å². The number of allylic oxidation sites excluding steroid dienone is 3. The van der Waals surface area contributed by atoms with E-state index in [1.807, 2.05) is 0 Å². The minimum atomic E-state index is -2.90. The molecule has 0 saturated heterocycles. The number of rotatable bonds is 5. The van der Waals surface area contributed by atoms with Gasteiger partial charge in [0.05, 0.1) is 0 Å². The molecule has 25 heavy (non-hydrogen) atoms. The van der Waals surface area contributed by atoms with E-state index in [4.69, 9.17) is 5.11 Å². The van der Waals surface area contributed by atoms with E-state index in [1.54, 1.807) is 6.92 Å². The number of Topliss-reactive ketones (excluding diaryl/α,β-unsaturated/α-hetero) is 1. The van der Waals surface area contributed by atoms with E-state index in [-0.39, 0.29) is 17.3 Å². The lowest BCUT2D eigenvalue weighted by atomic mass is 10.3. The first-order chi connectivity index (χ1) is 11.1. The summed E-state index contributed by atoms with van der Waals surface area (Å²) in [6.45, 7) is 15.6. The second kappa shape index (κ2) is 17.7. The molecule has 0 saturated carbocycles. The molecule has 0 spiro atoms. The van der Waals surface area contributed by atoms with Crippen LogP contribution >= 0.6 is 0 Å². The van der Waals surface area contributed by atoms with Crippen molar-refractivity contribution in [3.63, 3.8) is 0 Å². The van der Waals surface area contributed by atoms with Crippen LogP contribution in [0.5, 0.6) is 0 Å². The van der Waals surface area contributed by atoms with Gasteiger partial charge in [-0.3, -0.25) is 14.4 Å². The summed E-state index contributed by atoms with van der Waals surface area (Å²) >= 11 is 0. The van der Waals surface area contributed by atoms with Gasteiger partial charge >= 0.3 is 5.97 Å². The zero-order valence-electron chi connectivity index (χ0n) is 15.2. The SMILES string of the molecule is C=C(C)C(C)=O.C=CC(C)=O.C=CS(C)(=O)=O.CC(=O)/C=C\C(=O)O. The third-order valence-electron chi connectivity index (χ3n) is 1.65. The molecule has 1 N–H and O–H groups in total. The van der Waals surface area contributed by atoms with Crippen LogP contribution in [0.2, 0.25) is 0 Å². The zero-order chi connectivity index (χ0) is 21.2. The van der Waals surface area contributed by atoms with Gasteiger partial charge < -0.3 is 5.11 Å². The van der Waals surface area contributed by atoms with Crippen LogP contribution in [0.3, 0.4) is 0 Å². The second-order valence-electron chi connectivity index (χ2n) is 4.43. The van der Waals surface area contributed by atoms with Gasteiger partial charge in [-0.1, -0.05) is 19.7 Å². The Morgan fingerprint density at radius 2 is 1.16 bits per heavy atom. The Kier molecular flexibility index (Phi) is 21.5. The van der Waals surface area contributed by atoms with Crippen LogP contribution in [0.25, 0.3) is 0 Å². The van der Waals surface area contributed by atoms with Crippen LogP contribution in [0.1, 0.15) is 27.7 Å². The van der Waals surface area contributed by atoms with Crippen molar-refractivity contribution in [1.82, 2.24) is 0 Å². The van der Waals surface area contributed by atoms with Crippen molar-refractivity contribution in [2.24, 2.45) is 0 Å². The molecule has 0 amide bonds. The number of carbonyl (C=O) groups is 4. The topological polar surface area (TPSA) is 123 Å². The highest BCUT2D eigenvalue weighted by Gasteiger charge is 1.86. The van der Waals surface area contributed by atoms with Gasteiger partial charge in [0.25, 0.3) is 0 Å². The van der Waals surface area contributed by atoms with Crippen molar-refractivity contribution in [3.8, 4) is 0 Å². The number of hydrogen-bond donors (Lipinski definition) is 1. The van der Waals surface area contributed by atoms with Crippen LogP contribution in [0.15, 0.2) is 48.9 Å². The van der Waals surface area contributed by atoms with Crippen LogP contribution in [0, 0.1) is 0 Å². The molecular weight excluding hydrogens is 348 g/mol. The van der Waals surface area contributed by atoms with Gasteiger partial charge in [-0.25, -0.2) is 13.2 Å². The maximum Gasteiger partial charge on any atom is 0.328 e. The molecule has 0 bridgehead atoms. The average molecular weight is 374 g/mol. The van der Waals surface area contributed by atoms with E-state index in [0.29, 0.717) is 5.57 Å². The average Bonchev–Trinajstić information content (AvgIpc) is 2.46. The maximum atomic E-state index is 10.0. The van der Waals surface area contributed by atoms with Crippen LogP contribution in [-0.4, -0.2) is 43.1 Å². The predicted molar refractivity (Wildman–Crippen MR) is 98.9 cm³/mol. The minimum absolute atomic E-state index is 0.0185. The lowest BCUT2D eigenvalue weighted by Gasteiger charge is -1.80. The van der Waals surface area contributed by atoms with Gasteiger partial charge in [-0.2, -0.15) is 0 Å². The number of aliphatic carboxylic acids is 1. The summed E-state index contributed by atoms with van der Waals surface area (Å²) in [6, 6.07) is 0. The third kappa shape index (κ3) is 62.0. The van der Waals surface area contributed by atoms with Crippen LogP contribution < -0.4 is 0 Å². The molecule has 8 heteroatoms. The summed E-state index contributed by atoms with van der Waals surface area (Å²) < 4.78 is 19.8. The zero-order valence-corrected chi connectivity index (χ0v) is 16.1. The van der Waals surface area contributed by atoms with E-state index in [0.717, 1.165) is 23.8 Å². The molecule has 0 aliphatic heterocycles. The van der Waals surface area contributed by atoms with Crippen molar-refractivity contribution in [2.75, 3.05) is 6.26 Å². The number of sulfone groups is 1. The minimum Gasteiger partial charge on any atom is -0.478 e. The van der Waals surface area contributed by atoms with E-state index in [2.05, 4.69) is 19.7 Å². The van der Waals surface area contributed by atoms with Crippen molar-refractivity contribution >= 4 is 33.2 Å². The highest BCUT2D eigenvalue weighted by molar-refractivity contribution is 7.93. The molecule has 0 heterocycles. The molecule has 7 nitrogen and oxygen atoms in total. The molecule has 142 valence electrons. The van der Waals surface area contributed by atoms with Gasteiger partial charge in [0.2, 0.25) is 0 Å². The standard InChI is InChI=1S/C5H6O3.C5H8O.C4H6O.C3H6O2S/c1-4(6)2-3-5(7)8;1-4(2)5(3)6;1-3-4(2)5;1-3-6(2,4)5/h2-3H,1H3,(H,7,8);1H2,2-3H3;3H,1H2,2H3;3H,1H2,2H3/b3-2-;;;. The highest BCUT2D eigenvalue weighted by Crippen LogP contribution is 1.84. The second-order valence-corrected chi connectivity index (χ2v) is 6.42. The molecular formula is C17H26O7S. The highest BCUT2D eigenvalue weighted by atomic mass is 32.2. The van der Waals surface area contributed by atoms with Gasteiger partial charge in [0.15, 0.2) is 27.2 Å². The Morgan fingerprint density at radius 3 is 1.20 bits per heavy atom. The fourth-order valence-corrected chi connectivity index (χ4v) is 0.189. The van der Waals surface area contributed by atoms with Crippen molar-refractivity contribution < 1.29 is 32.7 Å². The summed E-state index contributed by atoms with van der Waals surface area (Å²) in [5.41, 5.74) is 0.620. The summed E-state index contributed by atoms with van der Waals surface area (Å²) in [4.78, 5) is 39.4. The number of carbonyl (C=O) groups excluding carboxylic acids is 3. The summed E-state index contributed by atoms with van der Waals surface area (Å²) in [5, 5.41) is 8.83. The van der Waals surface area contributed by atoms with Crippen LogP contribution in [0.4, 0.5) is 0 Å². The molecule has 0 aromatic carbocycles. The third-order valence-corrected chi connectivity index (χ3v) is 2.26. The quantitative estimate of drug-likeness (QED) is 0.732. The largest absolute Gasteiger partial charge is 0.478 e. The Balaban J connectivity index is -0.000000119. The van der Waals surface area contributed by atoms with Crippen molar-refractivity contribution in [3.05, 3.63) is 48.9 Å². The normalized spacial score (nSPS) is 8.84. The van der Waals surface area contributed by atoms with Crippen molar-refractivity contribution in [1.29, 1.82) is 0 Å². The van der Waals surface area contributed by atoms with Crippen LogP contribution in [-0.2, 0) is 29.0 Å². The molecule has 0 unspecified atom stereocenters. The first-order valence-electron chi connectivity index (χ1n) is 6.64. The fraction of sp³-hybridized carbons (Fsp3) is 0.294. The Morgan fingerprint density at radius 1 is 0.880 bits per heavy atom. The number of ketones is 3. The lowest BCUT2D eigenvalue weighted by molar-refractivity contribution is -0.131. The molecule has 0 radical (unpaired) electrons. The predicted octanol–water partition coefficient (Wildman–Crippen LogP) is 2.30. The molecule has 0 aromatic heterocycles. The Hall–Kier alpha value is -2.61. The number of hydrogen-bond acceptors (Lipinski definition) is 6. The molecule has 0 aromatic rings. The van der Waals surface area contributed by atoms with Gasteiger partial charge in [-0.05, 0) is 45.4 Å². The van der Waals surface area contributed by atoms with E-state index in [9.17, 15) is 27.6 Å². The molecule has 0 aliphatic carbocycles. The van der Waals surface area contributed by atoms with E-state index >= 15 is 0 Å². The van der Waals surface area contributed by atoms with Crippen molar-refractivity contribution in [2.45, 2.75) is 27.7 Å². The monoisotopic (exact) mass is 374 g/mol. The van der Waals surface area contributed by atoms with E-state index in [1.165, 1.54) is 26.8 Å². The summed E-state index contributed by atoms with van der Waals surface area (Å²) in [7, 11) is -2.90.